The van der Waals surface area contributed by atoms with E-state index in [1.807, 2.05) is 20.8 Å². The number of aromatic amines is 1. The van der Waals surface area contributed by atoms with Crippen LogP contribution in [0.3, 0.4) is 0 Å². The predicted molar refractivity (Wildman–Crippen MR) is 79.8 cm³/mol. The predicted octanol–water partition coefficient (Wildman–Crippen LogP) is 0.611. The molecule has 1 heterocycles. The Labute approximate surface area is 128 Å². The Morgan fingerprint density at radius 2 is 2.00 bits per heavy atom. The minimum absolute atomic E-state index is 0.00753. The maximum atomic E-state index is 11.9. The number of hydrogen-bond donors (Lipinski definition) is 3. The average Bonchev–Trinajstić information content (AvgIpc) is 2.29. The highest BCUT2D eigenvalue weighted by atomic mass is 35.5. The summed E-state index contributed by atoms with van der Waals surface area (Å²) in [6.07, 6.45) is 1.05. The Balaban J connectivity index is 2.64. The van der Waals surface area contributed by atoms with E-state index in [1.54, 1.807) is 0 Å². The molecule has 0 atom stereocenters. The number of carbonyl (C=O) groups is 1. The van der Waals surface area contributed by atoms with Crippen molar-refractivity contribution in [2.45, 2.75) is 37.6 Å². The van der Waals surface area contributed by atoms with E-state index in [2.05, 4.69) is 15.0 Å². The van der Waals surface area contributed by atoms with E-state index in [1.165, 1.54) is 0 Å². The van der Waals surface area contributed by atoms with Gasteiger partial charge in [-0.15, -0.1) is 0 Å². The Morgan fingerprint density at radius 1 is 1.38 bits per heavy atom. The molecule has 0 fully saturated rings. The van der Waals surface area contributed by atoms with Gasteiger partial charge < -0.3 is 10.3 Å². The zero-order valence-electron chi connectivity index (χ0n) is 12.0. The van der Waals surface area contributed by atoms with Crippen LogP contribution in [-0.2, 0) is 14.8 Å². The van der Waals surface area contributed by atoms with Crippen LogP contribution in [0.4, 0.5) is 0 Å². The number of halogens is 1. The number of amides is 1. The Morgan fingerprint density at radius 3 is 2.52 bits per heavy atom. The summed E-state index contributed by atoms with van der Waals surface area (Å²) in [6.45, 7) is 5.44. The van der Waals surface area contributed by atoms with Crippen molar-refractivity contribution >= 4 is 27.5 Å². The number of H-pyrrole nitrogens is 1. The number of pyridine rings is 1. The second-order valence-corrected chi connectivity index (χ2v) is 7.63. The van der Waals surface area contributed by atoms with E-state index in [-0.39, 0.29) is 34.3 Å². The van der Waals surface area contributed by atoms with Crippen LogP contribution in [-0.4, -0.2) is 31.4 Å². The second-order valence-electron chi connectivity index (χ2n) is 5.46. The molecule has 1 amide bonds. The Bertz CT molecular complexity index is 676. The second kappa shape index (κ2) is 6.59. The zero-order valence-corrected chi connectivity index (χ0v) is 13.6. The zero-order chi connectivity index (χ0) is 16.3. The van der Waals surface area contributed by atoms with Gasteiger partial charge in [0.05, 0.1) is 4.90 Å². The maximum Gasteiger partial charge on any atom is 0.266 e. The summed E-state index contributed by atoms with van der Waals surface area (Å²) in [6, 6.07) is 1.05. The molecule has 118 valence electrons. The van der Waals surface area contributed by atoms with Gasteiger partial charge in [-0.2, -0.15) is 0 Å². The van der Waals surface area contributed by atoms with E-state index in [0.717, 1.165) is 12.3 Å². The molecule has 0 saturated carbocycles. The molecule has 0 spiro atoms. The lowest BCUT2D eigenvalue weighted by Crippen LogP contribution is -2.42. The molecule has 3 N–H and O–H groups in total. The molecular formula is C12H18ClN3O4S. The van der Waals surface area contributed by atoms with E-state index >= 15 is 0 Å². The van der Waals surface area contributed by atoms with Crippen LogP contribution in [0.1, 0.15) is 27.2 Å². The molecule has 0 aliphatic heterocycles. The first-order valence-electron chi connectivity index (χ1n) is 6.20. The minimum Gasteiger partial charge on any atom is -0.351 e. The number of hydrogen-bond acceptors (Lipinski definition) is 4. The highest BCUT2D eigenvalue weighted by molar-refractivity contribution is 7.89. The van der Waals surface area contributed by atoms with E-state index in [0.29, 0.717) is 0 Å². The summed E-state index contributed by atoms with van der Waals surface area (Å²) in [5.41, 5.74) is -0.942. The summed E-state index contributed by atoms with van der Waals surface area (Å²) in [5.74, 6) is -0.260. The van der Waals surface area contributed by atoms with E-state index in [9.17, 15) is 18.0 Å². The standard InChI is InChI=1S/C12H18ClN3O4S/c1-12(2,3)16-10(17)4-5-15-21(19,20)8-6-9(13)11(18)14-7-8/h6-7,15H,4-5H2,1-3H3,(H,14,18)(H,16,17). The van der Waals surface area contributed by atoms with Gasteiger partial charge in [-0.3, -0.25) is 9.59 Å². The fourth-order valence-electron chi connectivity index (χ4n) is 1.46. The third-order valence-corrected chi connectivity index (χ3v) is 4.02. The van der Waals surface area contributed by atoms with Crippen molar-refractivity contribution in [3.8, 4) is 0 Å². The van der Waals surface area contributed by atoms with Crippen LogP contribution in [0, 0.1) is 0 Å². The van der Waals surface area contributed by atoms with Gasteiger partial charge in [0.1, 0.15) is 5.02 Å². The number of carbonyl (C=O) groups excluding carboxylic acids is 1. The molecule has 0 bridgehead atoms. The summed E-state index contributed by atoms with van der Waals surface area (Å²) in [4.78, 5) is 24.7. The van der Waals surface area contributed by atoms with Gasteiger partial charge in [0.2, 0.25) is 15.9 Å². The SMILES string of the molecule is CC(C)(C)NC(=O)CCNS(=O)(=O)c1c[nH]c(=O)c(Cl)c1. The first kappa shape index (κ1) is 17.7. The average molecular weight is 336 g/mol. The molecule has 7 nitrogen and oxygen atoms in total. The molecule has 0 unspecified atom stereocenters. The third-order valence-electron chi connectivity index (χ3n) is 2.30. The van der Waals surface area contributed by atoms with Crippen molar-refractivity contribution in [3.63, 3.8) is 0 Å². The summed E-state index contributed by atoms with van der Waals surface area (Å²) >= 11 is 5.58. The fraction of sp³-hybridized carbons (Fsp3) is 0.500. The topological polar surface area (TPSA) is 108 Å². The normalized spacial score (nSPS) is 12.2. The monoisotopic (exact) mass is 335 g/mol. The highest BCUT2D eigenvalue weighted by Crippen LogP contribution is 2.10. The van der Waals surface area contributed by atoms with Crippen LogP contribution in [0.15, 0.2) is 22.0 Å². The van der Waals surface area contributed by atoms with Gasteiger partial charge in [0.15, 0.2) is 0 Å². The molecular weight excluding hydrogens is 318 g/mol. The first-order chi connectivity index (χ1) is 9.51. The molecule has 0 saturated heterocycles. The van der Waals surface area contributed by atoms with Gasteiger partial charge in [-0.25, -0.2) is 13.1 Å². The molecule has 1 aromatic rings. The lowest BCUT2D eigenvalue weighted by atomic mass is 10.1. The molecule has 9 heteroatoms. The molecule has 0 aromatic carbocycles. The van der Waals surface area contributed by atoms with Crippen LogP contribution in [0.2, 0.25) is 5.02 Å². The van der Waals surface area contributed by atoms with Gasteiger partial charge in [-0.1, -0.05) is 11.6 Å². The van der Waals surface area contributed by atoms with Crippen molar-refractivity contribution in [3.05, 3.63) is 27.6 Å². The smallest absolute Gasteiger partial charge is 0.266 e. The van der Waals surface area contributed by atoms with Gasteiger partial charge in [-0.05, 0) is 26.8 Å². The summed E-state index contributed by atoms with van der Waals surface area (Å²) in [7, 11) is -3.82. The fourth-order valence-corrected chi connectivity index (χ4v) is 2.72. The summed E-state index contributed by atoms with van der Waals surface area (Å²) < 4.78 is 26.1. The van der Waals surface area contributed by atoms with Crippen molar-refractivity contribution in [2.24, 2.45) is 0 Å². The molecule has 1 rings (SSSR count). The van der Waals surface area contributed by atoms with Crippen molar-refractivity contribution in [1.82, 2.24) is 15.0 Å². The summed E-state index contributed by atoms with van der Waals surface area (Å²) in [5, 5.41) is 2.50. The van der Waals surface area contributed by atoms with Gasteiger partial charge in [0.25, 0.3) is 5.56 Å². The molecule has 0 aliphatic rings. The van der Waals surface area contributed by atoms with Crippen LogP contribution in [0.25, 0.3) is 0 Å². The number of aromatic nitrogens is 1. The lowest BCUT2D eigenvalue weighted by molar-refractivity contribution is -0.122. The van der Waals surface area contributed by atoms with Crippen LogP contribution in [0.5, 0.6) is 0 Å². The quantitative estimate of drug-likeness (QED) is 0.732. The minimum atomic E-state index is -3.82. The van der Waals surface area contributed by atoms with Crippen LogP contribution >= 0.6 is 11.6 Å². The number of rotatable bonds is 5. The molecule has 1 aromatic heterocycles. The van der Waals surface area contributed by atoms with Gasteiger partial charge >= 0.3 is 0 Å². The molecule has 0 aliphatic carbocycles. The van der Waals surface area contributed by atoms with Gasteiger partial charge in [0, 0.05) is 24.7 Å². The first-order valence-corrected chi connectivity index (χ1v) is 8.06. The lowest BCUT2D eigenvalue weighted by Gasteiger charge is -2.20. The van der Waals surface area contributed by atoms with E-state index < -0.39 is 15.6 Å². The Kier molecular flexibility index (Phi) is 5.54. The van der Waals surface area contributed by atoms with Crippen molar-refractivity contribution in [1.29, 1.82) is 0 Å². The molecule has 0 radical (unpaired) electrons. The Hall–Kier alpha value is -1.38. The number of nitrogens with one attached hydrogen (secondary N) is 3. The number of sulfonamides is 1. The van der Waals surface area contributed by atoms with Crippen LogP contribution < -0.4 is 15.6 Å². The van der Waals surface area contributed by atoms with E-state index in [4.69, 9.17) is 11.6 Å². The third kappa shape index (κ3) is 5.86. The maximum absolute atomic E-state index is 11.9. The highest BCUT2D eigenvalue weighted by Gasteiger charge is 2.17. The van der Waals surface area contributed by atoms with Crippen molar-refractivity contribution < 1.29 is 13.2 Å². The largest absolute Gasteiger partial charge is 0.351 e. The van der Waals surface area contributed by atoms with Crippen molar-refractivity contribution in [2.75, 3.05) is 6.54 Å². The molecule has 21 heavy (non-hydrogen) atoms.